The molecule has 0 spiro atoms. The van der Waals surface area contributed by atoms with Crippen molar-refractivity contribution in [3.63, 3.8) is 0 Å². The van der Waals surface area contributed by atoms with E-state index in [1.807, 2.05) is 5.32 Å². The fraction of sp³-hybridized carbons (Fsp3) is 0.625. The van der Waals surface area contributed by atoms with Gasteiger partial charge in [-0.1, -0.05) is 13.8 Å². The normalized spacial score (nSPS) is 28.7. The third-order valence-electron chi connectivity index (χ3n) is 2.55. The van der Waals surface area contributed by atoms with Crippen LogP contribution >= 0.6 is 0 Å². The number of carbonyl (C=O) groups is 2. The molecule has 0 aromatic carbocycles. The molecule has 1 rings (SSSR count). The van der Waals surface area contributed by atoms with Crippen molar-refractivity contribution in [3.05, 3.63) is 0 Å². The molecule has 1 aliphatic carbocycles. The average Bonchev–Trinajstić information content (AvgIpc) is 2.54. The van der Waals surface area contributed by atoms with Crippen LogP contribution in [0.4, 0.5) is 0 Å². The molecular weight excluding hydrogens is 172 g/mol. The number of rotatable bonds is 2. The van der Waals surface area contributed by atoms with Gasteiger partial charge in [0, 0.05) is 0 Å². The van der Waals surface area contributed by atoms with Crippen LogP contribution in [0.25, 0.3) is 0 Å². The molecule has 0 aromatic heterocycles. The molecule has 2 unspecified atom stereocenters. The largest absolute Gasteiger partial charge is 0.481 e. The van der Waals surface area contributed by atoms with E-state index < -0.39 is 29.1 Å². The van der Waals surface area contributed by atoms with Crippen molar-refractivity contribution in [3.8, 4) is 6.19 Å². The maximum atomic E-state index is 11.1. The summed E-state index contributed by atoms with van der Waals surface area (Å²) >= 11 is 0. The standard InChI is InChI=1S/C8H10N2O3/c1-8(2)4(5(8)7(12)13)6(11)10-3-9/h4-5H,1-2H3,(H,10,11)(H,12,13). The number of amides is 1. The van der Waals surface area contributed by atoms with E-state index in [1.165, 1.54) is 6.19 Å². The van der Waals surface area contributed by atoms with Crippen molar-refractivity contribution in [2.24, 2.45) is 17.3 Å². The Balaban J connectivity index is 2.72. The third-order valence-corrected chi connectivity index (χ3v) is 2.55. The van der Waals surface area contributed by atoms with Gasteiger partial charge in [-0.2, -0.15) is 5.26 Å². The fourth-order valence-corrected chi connectivity index (χ4v) is 1.72. The van der Waals surface area contributed by atoms with E-state index in [0.29, 0.717) is 0 Å². The molecule has 1 saturated carbocycles. The minimum atomic E-state index is -0.983. The molecular formula is C8H10N2O3. The summed E-state index contributed by atoms with van der Waals surface area (Å²) in [5, 5.41) is 18.8. The zero-order valence-corrected chi connectivity index (χ0v) is 7.37. The summed E-state index contributed by atoms with van der Waals surface area (Å²) in [6.45, 7) is 3.40. The summed E-state index contributed by atoms with van der Waals surface area (Å²) in [5.74, 6) is -2.73. The molecule has 1 aliphatic rings. The third kappa shape index (κ3) is 1.35. The molecule has 2 N–H and O–H groups in total. The number of aliphatic carboxylic acids is 1. The number of nitrogens with zero attached hydrogens (tertiary/aromatic N) is 1. The van der Waals surface area contributed by atoms with Gasteiger partial charge in [0.1, 0.15) is 0 Å². The van der Waals surface area contributed by atoms with Crippen LogP contribution < -0.4 is 5.32 Å². The van der Waals surface area contributed by atoms with Gasteiger partial charge in [0.15, 0.2) is 6.19 Å². The maximum absolute atomic E-state index is 11.1. The number of hydrogen-bond acceptors (Lipinski definition) is 3. The molecule has 0 radical (unpaired) electrons. The van der Waals surface area contributed by atoms with Crippen LogP contribution in [-0.4, -0.2) is 17.0 Å². The summed E-state index contributed by atoms with van der Waals surface area (Å²) in [6.07, 6.45) is 1.49. The average molecular weight is 182 g/mol. The number of nitriles is 1. The van der Waals surface area contributed by atoms with Gasteiger partial charge < -0.3 is 5.11 Å². The molecule has 70 valence electrons. The minimum absolute atomic E-state index is 0.500. The molecule has 5 heteroatoms. The fourth-order valence-electron chi connectivity index (χ4n) is 1.72. The zero-order valence-electron chi connectivity index (χ0n) is 7.37. The topological polar surface area (TPSA) is 90.2 Å². The Kier molecular flexibility index (Phi) is 2.00. The Morgan fingerprint density at radius 3 is 2.31 bits per heavy atom. The van der Waals surface area contributed by atoms with Gasteiger partial charge in [-0.3, -0.25) is 14.9 Å². The second-order valence-electron chi connectivity index (χ2n) is 3.72. The van der Waals surface area contributed by atoms with Gasteiger partial charge in [-0.05, 0) is 5.41 Å². The van der Waals surface area contributed by atoms with Gasteiger partial charge in [0.2, 0.25) is 5.91 Å². The van der Waals surface area contributed by atoms with Crippen molar-refractivity contribution in [2.75, 3.05) is 0 Å². The van der Waals surface area contributed by atoms with Crippen LogP contribution in [-0.2, 0) is 9.59 Å². The highest BCUT2D eigenvalue weighted by molar-refractivity contribution is 5.92. The molecule has 0 heterocycles. The molecule has 13 heavy (non-hydrogen) atoms. The highest BCUT2D eigenvalue weighted by Crippen LogP contribution is 2.58. The molecule has 1 amide bonds. The first-order chi connectivity index (χ1) is 5.92. The summed E-state index contributed by atoms with van der Waals surface area (Å²) in [5.41, 5.74) is -0.535. The Hall–Kier alpha value is -1.57. The van der Waals surface area contributed by atoms with E-state index in [4.69, 9.17) is 10.4 Å². The van der Waals surface area contributed by atoms with E-state index >= 15 is 0 Å². The van der Waals surface area contributed by atoms with E-state index in [1.54, 1.807) is 13.8 Å². The Morgan fingerprint density at radius 2 is 2.00 bits per heavy atom. The van der Waals surface area contributed by atoms with Gasteiger partial charge in [-0.25, -0.2) is 0 Å². The van der Waals surface area contributed by atoms with Gasteiger partial charge in [0.25, 0.3) is 0 Å². The molecule has 1 fully saturated rings. The lowest BCUT2D eigenvalue weighted by Crippen LogP contribution is -2.22. The van der Waals surface area contributed by atoms with Crippen LogP contribution in [0, 0.1) is 28.7 Å². The lowest BCUT2D eigenvalue weighted by Gasteiger charge is -1.97. The van der Waals surface area contributed by atoms with Crippen molar-refractivity contribution in [1.29, 1.82) is 5.26 Å². The Labute approximate surface area is 75.3 Å². The first-order valence-electron chi connectivity index (χ1n) is 3.84. The lowest BCUT2D eigenvalue weighted by molar-refractivity contribution is -0.140. The van der Waals surface area contributed by atoms with Crippen molar-refractivity contribution >= 4 is 11.9 Å². The molecule has 0 aliphatic heterocycles. The number of carboxylic acids is 1. The number of carboxylic acid groups (broad SMARTS) is 1. The van der Waals surface area contributed by atoms with Crippen LogP contribution in [0.3, 0.4) is 0 Å². The summed E-state index contributed by atoms with van der Waals surface area (Å²) in [4.78, 5) is 21.8. The first-order valence-corrected chi connectivity index (χ1v) is 3.84. The zero-order chi connectivity index (χ0) is 10.2. The summed E-state index contributed by atoms with van der Waals surface area (Å²) in [6, 6.07) is 0. The number of carbonyl (C=O) groups excluding carboxylic acids is 1. The number of nitrogens with one attached hydrogen (secondary N) is 1. The second kappa shape index (κ2) is 2.73. The Bertz CT molecular complexity index is 303. The van der Waals surface area contributed by atoms with Crippen molar-refractivity contribution in [2.45, 2.75) is 13.8 Å². The van der Waals surface area contributed by atoms with Crippen molar-refractivity contribution < 1.29 is 14.7 Å². The smallest absolute Gasteiger partial charge is 0.307 e. The van der Waals surface area contributed by atoms with E-state index in [0.717, 1.165) is 0 Å². The van der Waals surface area contributed by atoms with Gasteiger partial charge in [0.05, 0.1) is 11.8 Å². The highest BCUT2D eigenvalue weighted by atomic mass is 16.4. The monoisotopic (exact) mass is 182 g/mol. The van der Waals surface area contributed by atoms with E-state index in [9.17, 15) is 9.59 Å². The van der Waals surface area contributed by atoms with Crippen LogP contribution in [0.15, 0.2) is 0 Å². The molecule has 0 aromatic rings. The quantitative estimate of drug-likeness (QED) is 0.462. The maximum Gasteiger partial charge on any atom is 0.307 e. The van der Waals surface area contributed by atoms with E-state index in [-0.39, 0.29) is 0 Å². The number of hydrogen-bond donors (Lipinski definition) is 2. The summed E-state index contributed by atoms with van der Waals surface area (Å²) in [7, 11) is 0. The SMILES string of the molecule is CC1(C)C(C(=O)O)C1C(=O)NC#N. The van der Waals surface area contributed by atoms with Gasteiger partial charge in [-0.15, -0.1) is 0 Å². The minimum Gasteiger partial charge on any atom is -0.481 e. The highest BCUT2D eigenvalue weighted by Gasteiger charge is 2.65. The van der Waals surface area contributed by atoms with Crippen LogP contribution in [0.5, 0.6) is 0 Å². The Morgan fingerprint density at radius 1 is 1.46 bits per heavy atom. The first kappa shape index (κ1) is 9.52. The van der Waals surface area contributed by atoms with Crippen LogP contribution in [0.1, 0.15) is 13.8 Å². The lowest BCUT2D eigenvalue weighted by atomic mass is 10.1. The van der Waals surface area contributed by atoms with Crippen LogP contribution in [0.2, 0.25) is 0 Å². The predicted molar refractivity (Wildman–Crippen MR) is 42.2 cm³/mol. The molecule has 0 bridgehead atoms. The second-order valence-corrected chi connectivity index (χ2v) is 3.72. The van der Waals surface area contributed by atoms with E-state index in [2.05, 4.69) is 0 Å². The molecule has 5 nitrogen and oxygen atoms in total. The summed E-state index contributed by atoms with van der Waals surface area (Å²) < 4.78 is 0. The van der Waals surface area contributed by atoms with Crippen molar-refractivity contribution in [1.82, 2.24) is 5.32 Å². The predicted octanol–water partition coefficient (Wildman–Crippen LogP) is -0.0595. The molecule has 2 atom stereocenters. The molecule has 0 saturated heterocycles. The van der Waals surface area contributed by atoms with Gasteiger partial charge >= 0.3 is 5.97 Å².